The first-order valence-corrected chi connectivity index (χ1v) is 11.9. The summed E-state index contributed by atoms with van der Waals surface area (Å²) in [7, 11) is 1.68. The summed E-state index contributed by atoms with van der Waals surface area (Å²) in [5.74, 6) is -0.882. The van der Waals surface area contributed by atoms with Crippen LogP contribution in [0.3, 0.4) is 0 Å². The van der Waals surface area contributed by atoms with E-state index in [9.17, 15) is 13.6 Å². The lowest BCUT2D eigenvalue weighted by Gasteiger charge is -2.30. The highest BCUT2D eigenvalue weighted by atomic mass is 19.1. The largest absolute Gasteiger partial charge is 0.373 e. The van der Waals surface area contributed by atoms with Gasteiger partial charge in [-0.1, -0.05) is 0 Å². The summed E-state index contributed by atoms with van der Waals surface area (Å²) in [6.07, 6.45) is 7.41. The van der Waals surface area contributed by atoms with Crippen LogP contribution in [0.1, 0.15) is 60.7 Å². The van der Waals surface area contributed by atoms with Crippen molar-refractivity contribution < 1.29 is 13.5 Å². The Morgan fingerprint density at radius 3 is 2.71 bits per heavy atom. The Kier molecular flexibility index (Phi) is 5.25. The van der Waals surface area contributed by atoms with E-state index in [1.54, 1.807) is 20.0 Å². The van der Waals surface area contributed by atoms with Crippen molar-refractivity contribution in [1.29, 1.82) is 0 Å². The Balaban J connectivity index is 1.47. The third-order valence-electron chi connectivity index (χ3n) is 7.15. The maximum Gasteiger partial charge on any atom is 0.263 e. The maximum absolute atomic E-state index is 14.7. The highest BCUT2D eigenvalue weighted by molar-refractivity contribution is 5.82. The molecule has 3 aromatic heterocycles. The molecule has 1 saturated carbocycles. The van der Waals surface area contributed by atoms with Crippen molar-refractivity contribution in [2.24, 2.45) is 7.05 Å². The van der Waals surface area contributed by atoms with E-state index in [1.165, 1.54) is 16.7 Å². The molecule has 1 aliphatic heterocycles. The molecule has 7 nitrogen and oxygen atoms in total. The molecular formula is C26H25F2N5O2. The van der Waals surface area contributed by atoms with Crippen LogP contribution in [0.2, 0.25) is 0 Å². The van der Waals surface area contributed by atoms with Gasteiger partial charge in [0.15, 0.2) is 5.65 Å². The summed E-state index contributed by atoms with van der Waals surface area (Å²) in [6, 6.07) is 5.66. The van der Waals surface area contributed by atoms with Gasteiger partial charge in [-0.05, 0) is 62.3 Å². The molecule has 0 bridgehead atoms. The van der Waals surface area contributed by atoms with Gasteiger partial charge in [-0.3, -0.25) is 14.0 Å². The predicted molar refractivity (Wildman–Crippen MR) is 126 cm³/mol. The molecule has 2 unspecified atom stereocenters. The Hall–Kier alpha value is -3.46. The fourth-order valence-corrected chi connectivity index (χ4v) is 4.92. The number of hydrogen-bond acceptors (Lipinski definition) is 5. The van der Waals surface area contributed by atoms with E-state index in [0.29, 0.717) is 42.4 Å². The summed E-state index contributed by atoms with van der Waals surface area (Å²) in [4.78, 5) is 22.4. The van der Waals surface area contributed by atoms with Crippen LogP contribution >= 0.6 is 0 Å². The van der Waals surface area contributed by atoms with E-state index in [4.69, 9.17) is 4.74 Å². The zero-order chi connectivity index (χ0) is 24.3. The Bertz CT molecular complexity index is 1510. The summed E-state index contributed by atoms with van der Waals surface area (Å²) in [6.45, 7) is 2.25. The molecule has 0 N–H and O–H groups in total. The average Bonchev–Trinajstić information content (AvgIpc) is 3.58. The smallest absolute Gasteiger partial charge is 0.263 e. The molecule has 180 valence electrons. The Morgan fingerprint density at radius 1 is 1.11 bits per heavy atom. The predicted octanol–water partition coefficient (Wildman–Crippen LogP) is 4.75. The van der Waals surface area contributed by atoms with Crippen molar-refractivity contribution in [3.63, 3.8) is 0 Å². The van der Waals surface area contributed by atoms with Gasteiger partial charge >= 0.3 is 0 Å². The Labute approximate surface area is 200 Å². The van der Waals surface area contributed by atoms with Gasteiger partial charge in [0.25, 0.3) is 5.56 Å². The second-order valence-electron chi connectivity index (χ2n) is 9.51. The van der Waals surface area contributed by atoms with Gasteiger partial charge in [0, 0.05) is 37.0 Å². The summed E-state index contributed by atoms with van der Waals surface area (Å²) in [5.41, 5.74) is 2.37. The monoisotopic (exact) mass is 477 g/mol. The molecule has 9 heteroatoms. The van der Waals surface area contributed by atoms with Crippen molar-refractivity contribution in [1.82, 2.24) is 24.3 Å². The van der Waals surface area contributed by atoms with Crippen LogP contribution in [0.15, 0.2) is 41.5 Å². The first-order valence-electron chi connectivity index (χ1n) is 11.9. The molecule has 0 spiro atoms. The second-order valence-corrected chi connectivity index (χ2v) is 9.51. The number of benzene rings is 1. The van der Waals surface area contributed by atoms with Crippen LogP contribution in [0.4, 0.5) is 8.78 Å². The van der Waals surface area contributed by atoms with Crippen molar-refractivity contribution >= 4 is 11.0 Å². The number of pyridine rings is 1. The van der Waals surface area contributed by atoms with Gasteiger partial charge < -0.3 is 4.74 Å². The molecule has 1 aromatic carbocycles. The number of hydrogen-bond donors (Lipinski definition) is 0. The normalized spacial score (nSPS) is 20.5. The van der Waals surface area contributed by atoms with Crippen molar-refractivity contribution in [2.75, 3.05) is 6.61 Å². The SMILES string of the molecule is Cc1nc2nc(-c3ccc(F)cc3F)cc(C3CCOC(c4cnn(C5CC5)c4)C3)c2c(=O)n1C. The van der Waals surface area contributed by atoms with Crippen LogP contribution in [-0.2, 0) is 11.8 Å². The number of nitrogens with zero attached hydrogens (tertiary/aromatic N) is 5. The van der Waals surface area contributed by atoms with E-state index in [-0.39, 0.29) is 28.8 Å². The lowest BCUT2D eigenvalue weighted by Crippen LogP contribution is -2.25. The third-order valence-corrected chi connectivity index (χ3v) is 7.15. The molecule has 0 amide bonds. The van der Waals surface area contributed by atoms with Gasteiger partial charge in [0.1, 0.15) is 17.5 Å². The first kappa shape index (κ1) is 22.0. The summed E-state index contributed by atoms with van der Waals surface area (Å²) in [5, 5.41) is 4.93. The molecule has 2 aliphatic rings. The minimum absolute atomic E-state index is 0.0250. The Morgan fingerprint density at radius 2 is 1.94 bits per heavy atom. The van der Waals surface area contributed by atoms with E-state index in [0.717, 1.165) is 30.0 Å². The van der Waals surface area contributed by atoms with Gasteiger partial charge in [-0.15, -0.1) is 0 Å². The molecule has 2 fully saturated rings. The van der Waals surface area contributed by atoms with E-state index >= 15 is 0 Å². The van der Waals surface area contributed by atoms with Gasteiger partial charge in [0.05, 0.1) is 29.4 Å². The fraction of sp³-hybridized carbons (Fsp3) is 0.385. The van der Waals surface area contributed by atoms with E-state index in [2.05, 4.69) is 21.3 Å². The fourth-order valence-electron chi connectivity index (χ4n) is 4.92. The molecule has 1 aliphatic carbocycles. The highest BCUT2D eigenvalue weighted by Crippen LogP contribution is 2.41. The number of fused-ring (bicyclic) bond motifs is 1. The molecular weight excluding hydrogens is 452 g/mol. The molecule has 1 saturated heterocycles. The van der Waals surface area contributed by atoms with Crippen molar-refractivity contribution in [3.05, 3.63) is 75.6 Å². The van der Waals surface area contributed by atoms with Crippen LogP contribution < -0.4 is 5.56 Å². The quantitative estimate of drug-likeness (QED) is 0.424. The van der Waals surface area contributed by atoms with Gasteiger partial charge in [-0.2, -0.15) is 5.10 Å². The van der Waals surface area contributed by atoms with Crippen LogP contribution in [0.5, 0.6) is 0 Å². The highest BCUT2D eigenvalue weighted by Gasteiger charge is 2.31. The minimum atomic E-state index is -0.708. The lowest BCUT2D eigenvalue weighted by atomic mass is 9.85. The van der Waals surface area contributed by atoms with Gasteiger partial charge in [-0.25, -0.2) is 18.7 Å². The zero-order valence-electron chi connectivity index (χ0n) is 19.5. The number of ether oxygens (including phenoxy) is 1. The third kappa shape index (κ3) is 3.93. The molecule has 4 heterocycles. The first-order chi connectivity index (χ1) is 16.9. The second kappa shape index (κ2) is 8.34. The summed E-state index contributed by atoms with van der Waals surface area (Å²) >= 11 is 0. The average molecular weight is 478 g/mol. The maximum atomic E-state index is 14.7. The van der Waals surface area contributed by atoms with E-state index < -0.39 is 11.6 Å². The topological polar surface area (TPSA) is 74.8 Å². The van der Waals surface area contributed by atoms with Crippen molar-refractivity contribution in [3.8, 4) is 11.3 Å². The van der Waals surface area contributed by atoms with Crippen LogP contribution in [0, 0.1) is 18.6 Å². The molecule has 35 heavy (non-hydrogen) atoms. The van der Waals surface area contributed by atoms with Crippen LogP contribution in [-0.4, -0.2) is 30.9 Å². The number of halogens is 2. The van der Waals surface area contributed by atoms with Crippen molar-refractivity contribution in [2.45, 2.75) is 50.7 Å². The number of rotatable bonds is 4. The minimum Gasteiger partial charge on any atom is -0.373 e. The molecule has 2 atom stereocenters. The number of aromatic nitrogens is 5. The van der Waals surface area contributed by atoms with E-state index in [1.807, 2.05) is 10.9 Å². The standard InChI is InChI=1S/C26H25F2N5O2/c1-14-30-25-24(26(34)32(14)2)20(11-22(31-25)19-6-3-17(27)10-21(19)28)15-7-8-35-23(9-15)16-12-29-33(13-16)18-4-5-18/h3,6,10-13,15,18,23H,4-5,7-9H2,1-2H3. The molecule has 4 aromatic rings. The van der Waals surface area contributed by atoms with Gasteiger partial charge in [0.2, 0.25) is 0 Å². The molecule has 6 rings (SSSR count). The number of aryl methyl sites for hydroxylation is 1. The molecule has 0 radical (unpaired) electrons. The lowest BCUT2D eigenvalue weighted by molar-refractivity contribution is 0.00541. The summed E-state index contributed by atoms with van der Waals surface area (Å²) < 4.78 is 37.8. The zero-order valence-corrected chi connectivity index (χ0v) is 19.5. The van der Waals surface area contributed by atoms with Crippen LogP contribution in [0.25, 0.3) is 22.3 Å².